The Kier molecular flexibility index (Phi) is 4.79. The van der Waals surface area contributed by atoms with Gasteiger partial charge in [0.25, 0.3) is 0 Å². The third-order valence-electron chi connectivity index (χ3n) is 6.47. The Labute approximate surface area is 193 Å². The van der Waals surface area contributed by atoms with E-state index in [4.69, 9.17) is 4.42 Å². The quantitative estimate of drug-likeness (QED) is 0.349. The summed E-state index contributed by atoms with van der Waals surface area (Å²) in [6.45, 7) is 0. The minimum absolute atomic E-state index is 0.156. The Morgan fingerprint density at radius 1 is 0.941 bits per heavy atom. The molecule has 0 aliphatic heterocycles. The van der Waals surface area contributed by atoms with Gasteiger partial charge >= 0.3 is 11.9 Å². The van der Waals surface area contributed by atoms with Crippen LogP contribution < -0.4 is 10.3 Å². The number of rotatable bonds is 4. The van der Waals surface area contributed by atoms with Crippen LogP contribution in [0.15, 0.2) is 82.0 Å². The Morgan fingerprint density at radius 3 is 2.38 bits per heavy atom. The molecule has 2 unspecified atom stereocenters. The highest BCUT2D eigenvalue weighted by atomic mass is 16.4. The molecule has 2 atom stereocenters. The first-order chi connectivity index (χ1) is 16.2. The summed E-state index contributed by atoms with van der Waals surface area (Å²) in [4.78, 5) is 39.1. The molecule has 0 bridgehead atoms. The first-order valence-corrected chi connectivity index (χ1v) is 10.7. The average Bonchev–Trinajstić information content (AvgIpc) is 2.81. The van der Waals surface area contributed by atoms with Crippen LogP contribution in [-0.2, 0) is 15.0 Å². The van der Waals surface area contributed by atoms with Crippen LogP contribution in [0.1, 0.15) is 5.56 Å². The minimum atomic E-state index is -1.88. The molecule has 2 N–H and O–H groups in total. The van der Waals surface area contributed by atoms with Gasteiger partial charge in [-0.15, -0.1) is 0 Å². The van der Waals surface area contributed by atoms with E-state index in [2.05, 4.69) is 0 Å². The molecule has 0 radical (unpaired) electrons. The van der Waals surface area contributed by atoms with E-state index in [1.165, 1.54) is 24.3 Å². The molecule has 34 heavy (non-hydrogen) atoms. The molecular weight excluding hydrogens is 434 g/mol. The number of carboxylic acid groups (broad SMARTS) is 2. The van der Waals surface area contributed by atoms with Gasteiger partial charge in [-0.3, -0.25) is 14.4 Å². The zero-order chi connectivity index (χ0) is 24.2. The van der Waals surface area contributed by atoms with Crippen LogP contribution in [0.2, 0.25) is 0 Å². The summed E-state index contributed by atoms with van der Waals surface area (Å²) < 4.78 is 6.33. The Hall–Kier alpha value is -4.39. The van der Waals surface area contributed by atoms with Gasteiger partial charge in [-0.05, 0) is 41.3 Å². The second-order valence-electron chi connectivity index (χ2n) is 8.61. The van der Waals surface area contributed by atoms with E-state index in [0.29, 0.717) is 38.3 Å². The second kappa shape index (κ2) is 7.59. The fourth-order valence-electron chi connectivity index (χ4n) is 4.83. The van der Waals surface area contributed by atoms with E-state index in [1.54, 1.807) is 42.5 Å². The van der Waals surface area contributed by atoms with E-state index in [-0.39, 0.29) is 5.43 Å². The predicted octanol–water partition coefficient (Wildman–Crippen LogP) is 4.31. The number of benzene rings is 3. The van der Waals surface area contributed by atoms with Crippen molar-refractivity contribution >= 4 is 50.3 Å². The molecule has 3 aromatic carbocycles. The maximum absolute atomic E-state index is 12.9. The van der Waals surface area contributed by atoms with Crippen molar-refractivity contribution in [1.82, 2.24) is 0 Å². The summed E-state index contributed by atoms with van der Waals surface area (Å²) in [5, 5.41) is 22.8. The zero-order valence-electron chi connectivity index (χ0n) is 18.5. The van der Waals surface area contributed by atoms with Gasteiger partial charge in [0.15, 0.2) is 5.43 Å². The number of nitrogens with zero attached hydrogens (tertiary/aromatic N) is 1. The Morgan fingerprint density at radius 2 is 1.68 bits per heavy atom. The van der Waals surface area contributed by atoms with Crippen molar-refractivity contribution in [2.45, 2.75) is 5.41 Å². The van der Waals surface area contributed by atoms with Crippen LogP contribution in [0.4, 0.5) is 5.69 Å². The van der Waals surface area contributed by atoms with E-state index in [9.17, 15) is 24.6 Å². The summed E-state index contributed by atoms with van der Waals surface area (Å²) in [6, 6.07) is 13.4. The minimum Gasteiger partial charge on any atom is -0.481 e. The molecule has 0 fully saturated rings. The molecule has 7 nitrogen and oxygen atoms in total. The number of allylic oxidation sites excluding steroid dienone is 2. The highest BCUT2D eigenvalue weighted by Gasteiger charge is 2.51. The topological polar surface area (TPSA) is 108 Å². The van der Waals surface area contributed by atoms with Crippen molar-refractivity contribution in [2.75, 3.05) is 19.0 Å². The summed E-state index contributed by atoms with van der Waals surface area (Å²) >= 11 is 0. The van der Waals surface area contributed by atoms with Crippen molar-refractivity contribution < 1.29 is 24.2 Å². The lowest BCUT2D eigenvalue weighted by Crippen LogP contribution is -2.45. The fraction of sp³-hybridized carbons (Fsp3) is 0.148. The van der Waals surface area contributed by atoms with Gasteiger partial charge < -0.3 is 19.5 Å². The Bertz CT molecular complexity index is 1630. The smallest absolute Gasteiger partial charge is 0.319 e. The van der Waals surface area contributed by atoms with E-state index < -0.39 is 23.3 Å². The van der Waals surface area contributed by atoms with Gasteiger partial charge in [-0.25, -0.2) is 0 Å². The maximum Gasteiger partial charge on any atom is 0.319 e. The van der Waals surface area contributed by atoms with Gasteiger partial charge in [0.05, 0.1) is 5.92 Å². The van der Waals surface area contributed by atoms with Crippen molar-refractivity contribution in [3.8, 4) is 0 Å². The molecule has 4 aromatic rings. The predicted molar refractivity (Wildman–Crippen MR) is 131 cm³/mol. The molecule has 1 heterocycles. The lowest BCUT2D eigenvalue weighted by molar-refractivity contribution is -0.152. The standard InChI is InChI=1S/C27H21NO6/c1-28(2)16-7-10-19-22(14-16)34-24-18-11-8-17(29)13-15(18)6-9-20(24)23(19)27(26(32)33)12-4-3-5-21(27)25(30)31/h3-14,21H,1-2H3,(H,30,31)(H,32,33). The van der Waals surface area contributed by atoms with E-state index in [0.717, 1.165) is 5.69 Å². The third-order valence-corrected chi connectivity index (χ3v) is 6.47. The van der Waals surface area contributed by atoms with Gasteiger partial charge in [0.2, 0.25) is 0 Å². The van der Waals surface area contributed by atoms with Crippen molar-refractivity contribution in [3.05, 3.63) is 88.6 Å². The van der Waals surface area contributed by atoms with Gasteiger partial charge in [0, 0.05) is 42.0 Å². The van der Waals surface area contributed by atoms with Crippen LogP contribution >= 0.6 is 0 Å². The largest absolute Gasteiger partial charge is 0.481 e. The molecule has 0 saturated carbocycles. The Balaban J connectivity index is 2.03. The second-order valence-corrected chi connectivity index (χ2v) is 8.61. The van der Waals surface area contributed by atoms with Crippen LogP contribution in [0.5, 0.6) is 0 Å². The number of aliphatic carboxylic acids is 2. The third kappa shape index (κ3) is 3.01. The lowest BCUT2D eigenvalue weighted by Gasteiger charge is -2.34. The molecule has 5 rings (SSSR count). The van der Waals surface area contributed by atoms with Crippen LogP contribution in [0, 0.1) is 5.92 Å². The summed E-state index contributed by atoms with van der Waals surface area (Å²) in [7, 11) is 3.75. The SMILES string of the molecule is CN(C)c1ccc2c(C3(C(=O)O)C=CC=CC3C(=O)O)c3ccc4cc(=O)ccc4c3oc2c1. The average molecular weight is 455 g/mol. The van der Waals surface area contributed by atoms with Crippen molar-refractivity contribution in [2.24, 2.45) is 5.92 Å². The van der Waals surface area contributed by atoms with E-state index in [1.807, 2.05) is 25.1 Å². The molecule has 170 valence electrons. The molecule has 1 aromatic heterocycles. The van der Waals surface area contributed by atoms with E-state index >= 15 is 0 Å². The highest BCUT2D eigenvalue weighted by molar-refractivity contribution is 6.12. The monoisotopic (exact) mass is 455 g/mol. The summed E-state index contributed by atoms with van der Waals surface area (Å²) in [6.07, 6.45) is 5.95. The molecule has 0 saturated heterocycles. The van der Waals surface area contributed by atoms with Crippen LogP contribution in [0.3, 0.4) is 0 Å². The summed E-state index contributed by atoms with van der Waals surface area (Å²) in [5.74, 6) is -3.86. The first-order valence-electron chi connectivity index (χ1n) is 10.7. The number of hydrogen-bond donors (Lipinski definition) is 2. The number of carbonyl (C=O) groups is 2. The maximum atomic E-state index is 12.9. The molecule has 1 aliphatic rings. The van der Waals surface area contributed by atoms with Crippen molar-refractivity contribution in [1.29, 1.82) is 0 Å². The molecule has 0 amide bonds. The molecular formula is C27H21NO6. The van der Waals surface area contributed by atoms with Crippen molar-refractivity contribution in [3.63, 3.8) is 0 Å². The fourth-order valence-corrected chi connectivity index (χ4v) is 4.83. The van der Waals surface area contributed by atoms with Crippen LogP contribution in [0.25, 0.3) is 32.7 Å². The lowest BCUT2D eigenvalue weighted by atomic mass is 9.66. The normalized spacial score (nSPS) is 19.6. The number of hydrogen-bond acceptors (Lipinski definition) is 5. The first kappa shape index (κ1) is 21.5. The number of carboxylic acids is 2. The highest BCUT2D eigenvalue weighted by Crippen LogP contribution is 2.46. The van der Waals surface area contributed by atoms with Gasteiger partial charge in [-0.1, -0.05) is 36.4 Å². The molecule has 1 aliphatic carbocycles. The number of anilines is 1. The molecule has 0 spiro atoms. The van der Waals surface area contributed by atoms with Gasteiger partial charge in [-0.2, -0.15) is 0 Å². The number of fused-ring (bicyclic) bond motifs is 4. The van der Waals surface area contributed by atoms with Crippen LogP contribution in [-0.4, -0.2) is 36.2 Å². The summed E-state index contributed by atoms with van der Waals surface area (Å²) in [5.41, 5.74) is -0.0519. The zero-order valence-corrected chi connectivity index (χ0v) is 18.5. The van der Waals surface area contributed by atoms with Gasteiger partial charge in [0.1, 0.15) is 16.6 Å². The molecule has 7 heteroatoms.